The summed E-state index contributed by atoms with van der Waals surface area (Å²) in [4.78, 5) is 29.5. The number of para-hydroxylation sites is 1. The molecule has 5 nitrogen and oxygen atoms in total. The molecule has 2 rings (SSSR count). The van der Waals surface area contributed by atoms with E-state index in [0.29, 0.717) is 0 Å². The molecule has 150 valence electrons. The second-order valence-corrected chi connectivity index (χ2v) is 8.62. The number of carbonyl (C=O) groups is 2. The highest BCUT2D eigenvalue weighted by molar-refractivity contribution is 5.97. The quantitative estimate of drug-likeness (QED) is 0.830. The molecule has 1 atom stereocenters. The van der Waals surface area contributed by atoms with Crippen molar-refractivity contribution in [3.8, 4) is 0 Å². The molecule has 1 aliphatic rings. The Morgan fingerprint density at radius 3 is 2.22 bits per heavy atom. The molecule has 5 heteroatoms. The van der Waals surface area contributed by atoms with Crippen molar-refractivity contribution in [3.05, 3.63) is 30.3 Å². The lowest BCUT2D eigenvalue weighted by atomic mass is 9.87. The van der Waals surface area contributed by atoms with Gasteiger partial charge in [0.25, 0.3) is 0 Å². The van der Waals surface area contributed by atoms with Gasteiger partial charge in [0.05, 0.1) is 0 Å². The van der Waals surface area contributed by atoms with Crippen molar-refractivity contribution < 1.29 is 9.59 Å². The number of amides is 3. The van der Waals surface area contributed by atoms with Crippen LogP contribution in [0.3, 0.4) is 0 Å². The lowest BCUT2D eigenvalue weighted by Gasteiger charge is -2.40. The Morgan fingerprint density at radius 2 is 1.70 bits per heavy atom. The van der Waals surface area contributed by atoms with Crippen LogP contribution >= 0.6 is 0 Å². The SMILES string of the molecule is CNC(=O)N(CC(=O)N(c1ccccc1)C1CCCCC1)C(C)C(C)(C)C. The first-order valence-corrected chi connectivity index (χ1v) is 10.1. The van der Waals surface area contributed by atoms with E-state index in [1.807, 2.05) is 42.2 Å². The standard InChI is InChI=1S/C22H35N3O2/c1-17(22(2,3)4)24(21(27)23-5)16-20(26)25(18-12-8-6-9-13-18)19-14-10-7-11-15-19/h6,8-9,12-13,17,19H,7,10-11,14-16H2,1-5H3,(H,23,27). The van der Waals surface area contributed by atoms with Crippen molar-refractivity contribution in [3.63, 3.8) is 0 Å². The second-order valence-electron chi connectivity index (χ2n) is 8.62. The number of rotatable bonds is 5. The van der Waals surface area contributed by atoms with Gasteiger partial charge in [0.1, 0.15) is 6.54 Å². The predicted molar refractivity (Wildman–Crippen MR) is 111 cm³/mol. The molecule has 0 heterocycles. The van der Waals surface area contributed by atoms with Crippen LogP contribution in [0.15, 0.2) is 30.3 Å². The van der Waals surface area contributed by atoms with Crippen molar-refractivity contribution in [2.45, 2.75) is 71.9 Å². The maximum absolute atomic E-state index is 13.4. The molecule has 1 N–H and O–H groups in total. The van der Waals surface area contributed by atoms with Gasteiger partial charge in [0.2, 0.25) is 5.91 Å². The van der Waals surface area contributed by atoms with Crippen LogP contribution < -0.4 is 10.2 Å². The molecule has 1 fully saturated rings. The van der Waals surface area contributed by atoms with E-state index in [4.69, 9.17) is 0 Å². The van der Waals surface area contributed by atoms with E-state index in [1.165, 1.54) is 6.42 Å². The highest BCUT2D eigenvalue weighted by Crippen LogP contribution is 2.29. The van der Waals surface area contributed by atoms with Crippen LogP contribution in [0.1, 0.15) is 59.8 Å². The van der Waals surface area contributed by atoms with Gasteiger partial charge in [-0.15, -0.1) is 0 Å². The molecule has 0 spiro atoms. The fraction of sp³-hybridized carbons (Fsp3) is 0.636. The van der Waals surface area contributed by atoms with Gasteiger partial charge < -0.3 is 15.1 Å². The monoisotopic (exact) mass is 373 g/mol. The average molecular weight is 374 g/mol. The molecule has 1 aliphatic carbocycles. The fourth-order valence-electron chi connectivity index (χ4n) is 3.70. The highest BCUT2D eigenvalue weighted by Gasteiger charge is 2.34. The summed E-state index contributed by atoms with van der Waals surface area (Å²) >= 11 is 0. The van der Waals surface area contributed by atoms with Crippen LogP contribution in [-0.2, 0) is 4.79 Å². The Morgan fingerprint density at radius 1 is 1.11 bits per heavy atom. The third kappa shape index (κ3) is 5.47. The third-order valence-corrected chi connectivity index (χ3v) is 5.74. The maximum atomic E-state index is 13.4. The van der Waals surface area contributed by atoms with Crippen molar-refractivity contribution in [2.24, 2.45) is 5.41 Å². The van der Waals surface area contributed by atoms with Crippen LogP contribution in [0.25, 0.3) is 0 Å². The highest BCUT2D eigenvalue weighted by atomic mass is 16.2. The summed E-state index contributed by atoms with van der Waals surface area (Å²) in [6, 6.07) is 9.82. The molecule has 0 bridgehead atoms. The molecule has 1 aromatic rings. The molecule has 0 aliphatic heterocycles. The van der Waals surface area contributed by atoms with Crippen molar-refractivity contribution in [2.75, 3.05) is 18.5 Å². The van der Waals surface area contributed by atoms with Crippen LogP contribution in [-0.4, -0.2) is 42.5 Å². The van der Waals surface area contributed by atoms with E-state index in [9.17, 15) is 9.59 Å². The molecular formula is C22H35N3O2. The smallest absolute Gasteiger partial charge is 0.317 e. The minimum atomic E-state index is -0.206. The van der Waals surface area contributed by atoms with Crippen LogP contribution in [0.5, 0.6) is 0 Å². The molecule has 3 amide bonds. The summed E-state index contributed by atoms with van der Waals surface area (Å²) in [5.74, 6) is -0.00667. The van der Waals surface area contributed by atoms with Gasteiger partial charge >= 0.3 is 6.03 Å². The first kappa shape index (κ1) is 21.3. The normalized spacial score (nSPS) is 16.5. The summed E-state index contributed by atoms with van der Waals surface area (Å²) in [6.45, 7) is 8.37. The number of benzene rings is 1. The number of carbonyl (C=O) groups excluding carboxylic acids is 2. The van der Waals surface area contributed by atoms with E-state index in [0.717, 1.165) is 31.4 Å². The van der Waals surface area contributed by atoms with E-state index in [1.54, 1.807) is 11.9 Å². The Hall–Kier alpha value is -2.04. The van der Waals surface area contributed by atoms with E-state index < -0.39 is 0 Å². The summed E-state index contributed by atoms with van der Waals surface area (Å²) in [5.41, 5.74) is 0.810. The first-order chi connectivity index (χ1) is 12.8. The van der Waals surface area contributed by atoms with E-state index in [-0.39, 0.29) is 36.0 Å². The van der Waals surface area contributed by atoms with Gasteiger partial charge in [0.15, 0.2) is 0 Å². The Kier molecular flexibility index (Phi) is 7.28. The van der Waals surface area contributed by atoms with Gasteiger partial charge in [0, 0.05) is 24.8 Å². The number of hydrogen-bond acceptors (Lipinski definition) is 2. The van der Waals surface area contributed by atoms with Crippen LogP contribution in [0.2, 0.25) is 0 Å². The van der Waals surface area contributed by atoms with Gasteiger partial charge in [-0.1, -0.05) is 58.2 Å². The first-order valence-electron chi connectivity index (χ1n) is 10.1. The Bertz CT molecular complexity index is 618. The van der Waals surface area contributed by atoms with Gasteiger partial charge in [-0.2, -0.15) is 0 Å². The van der Waals surface area contributed by atoms with Crippen LogP contribution in [0, 0.1) is 5.41 Å². The molecular weight excluding hydrogens is 338 g/mol. The van der Waals surface area contributed by atoms with E-state index in [2.05, 4.69) is 26.1 Å². The predicted octanol–water partition coefficient (Wildman–Crippen LogP) is 4.43. The summed E-state index contributed by atoms with van der Waals surface area (Å²) in [6.07, 6.45) is 5.58. The topological polar surface area (TPSA) is 52.7 Å². The zero-order valence-electron chi connectivity index (χ0n) is 17.5. The molecule has 0 aromatic heterocycles. The molecule has 27 heavy (non-hydrogen) atoms. The van der Waals surface area contributed by atoms with Crippen molar-refractivity contribution in [1.29, 1.82) is 0 Å². The molecule has 0 saturated heterocycles. The molecule has 1 aromatic carbocycles. The number of nitrogens with zero attached hydrogens (tertiary/aromatic N) is 2. The van der Waals surface area contributed by atoms with Gasteiger partial charge in [-0.25, -0.2) is 4.79 Å². The molecule has 1 unspecified atom stereocenters. The third-order valence-electron chi connectivity index (χ3n) is 5.74. The Balaban J connectivity index is 2.28. The van der Waals surface area contributed by atoms with Crippen LogP contribution in [0.4, 0.5) is 10.5 Å². The summed E-state index contributed by atoms with van der Waals surface area (Å²) in [5, 5.41) is 2.70. The Labute approximate surface area is 164 Å². The lowest BCUT2D eigenvalue weighted by molar-refractivity contribution is -0.120. The minimum absolute atomic E-state index is 0.00667. The largest absolute Gasteiger partial charge is 0.341 e. The second kappa shape index (κ2) is 9.25. The average Bonchev–Trinajstić information content (AvgIpc) is 2.66. The number of hydrogen-bond donors (Lipinski definition) is 1. The van der Waals surface area contributed by atoms with E-state index >= 15 is 0 Å². The zero-order valence-corrected chi connectivity index (χ0v) is 17.5. The summed E-state index contributed by atoms with van der Waals surface area (Å²) in [7, 11) is 1.62. The van der Waals surface area contributed by atoms with Gasteiger partial charge in [-0.05, 0) is 37.3 Å². The minimum Gasteiger partial charge on any atom is -0.341 e. The fourth-order valence-corrected chi connectivity index (χ4v) is 3.70. The number of anilines is 1. The number of nitrogens with one attached hydrogen (secondary N) is 1. The van der Waals surface area contributed by atoms with Gasteiger partial charge in [-0.3, -0.25) is 4.79 Å². The maximum Gasteiger partial charge on any atom is 0.317 e. The molecule has 0 radical (unpaired) electrons. The number of urea groups is 1. The lowest BCUT2D eigenvalue weighted by Crippen LogP contribution is -2.54. The molecule has 1 saturated carbocycles. The zero-order chi connectivity index (χ0) is 20.0. The summed E-state index contributed by atoms with van der Waals surface area (Å²) < 4.78 is 0. The van der Waals surface area contributed by atoms with Crippen molar-refractivity contribution >= 4 is 17.6 Å². The van der Waals surface area contributed by atoms with Crippen molar-refractivity contribution in [1.82, 2.24) is 10.2 Å².